The summed E-state index contributed by atoms with van der Waals surface area (Å²) in [6.45, 7) is 11.0. The highest BCUT2D eigenvalue weighted by Crippen LogP contribution is 2.31. The average Bonchev–Trinajstić information content (AvgIpc) is 2.51. The fourth-order valence-corrected chi connectivity index (χ4v) is 3.59. The molecule has 2 aliphatic rings. The van der Waals surface area contributed by atoms with E-state index in [0.717, 1.165) is 32.7 Å². The zero-order valence-corrected chi connectivity index (χ0v) is 13.6. The van der Waals surface area contributed by atoms with Gasteiger partial charge >= 0.3 is 0 Å². The van der Waals surface area contributed by atoms with Gasteiger partial charge in [-0.2, -0.15) is 0 Å². The molecule has 3 rings (SSSR count). The highest BCUT2D eigenvalue weighted by Gasteiger charge is 2.37. The van der Waals surface area contributed by atoms with Gasteiger partial charge in [0.2, 0.25) is 0 Å². The molecule has 0 aliphatic carbocycles. The molecule has 3 atom stereocenters. The first-order valence-electron chi connectivity index (χ1n) is 8.30. The van der Waals surface area contributed by atoms with Crippen molar-refractivity contribution >= 4 is 0 Å². The van der Waals surface area contributed by atoms with Crippen LogP contribution >= 0.6 is 0 Å². The molecular formula is C18H28N2O. The Balaban J connectivity index is 1.79. The summed E-state index contributed by atoms with van der Waals surface area (Å²) in [5.74, 6) is 0. The summed E-state index contributed by atoms with van der Waals surface area (Å²) >= 11 is 0. The maximum absolute atomic E-state index is 6.12. The average molecular weight is 288 g/mol. The van der Waals surface area contributed by atoms with Crippen LogP contribution in [0, 0.1) is 0 Å². The van der Waals surface area contributed by atoms with E-state index in [9.17, 15) is 0 Å². The van der Waals surface area contributed by atoms with Gasteiger partial charge in [0, 0.05) is 31.2 Å². The minimum atomic E-state index is 0.228. The first kappa shape index (κ1) is 15.0. The molecule has 3 heteroatoms. The van der Waals surface area contributed by atoms with E-state index in [4.69, 9.17) is 4.74 Å². The van der Waals surface area contributed by atoms with E-state index in [1.54, 1.807) is 0 Å². The Bertz CT molecular complexity index is 490. The number of rotatable bonds is 3. The summed E-state index contributed by atoms with van der Waals surface area (Å²) in [5.41, 5.74) is 3.10. The third-order valence-electron chi connectivity index (χ3n) is 5.33. The highest BCUT2D eigenvalue weighted by atomic mass is 16.5. The summed E-state index contributed by atoms with van der Waals surface area (Å²) in [6.07, 6.45) is 2.45. The van der Waals surface area contributed by atoms with Gasteiger partial charge in [-0.3, -0.25) is 4.90 Å². The smallest absolute Gasteiger partial charge is 0.0954 e. The largest absolute Gasteiger partial charge is 0.372 e. The van der Waals surface area contributed by atoms with Gasteiger partial charge in [0.25, 0.3) is 0 Å². The number of hydrogen-bond acceptors (Lipinski definition) is 3. The van der Waals surface area contributed by atoms with Crippen LogP contribution in [0.25, 0.3) is 0 Å². The molecule has 0 spiro atoms. The van der Waals surface area contributed by atoms with Crippen molar-refractivity contribution in [3.8, 4) is 0 Å². The van der Waals surface area contributed by atoms with Crippen LogP contribution in [0.3, 0.4) is 0 Å². The second-order valence-corrected chi connectivity index (χ2v) is 6.85. The van der Waals surface area contributed by atoms with Gasteiger partial charge in [-0.15, -0.1) is 0 Å². The Kier molecular flexibility index (Phi) is 4.34. The van der Waals surface area contributed by atoms with Gasteiger partial charge < -0.3 is 10.1 Å². The molecule has 0 bridgehead atoms. The van der Waals surface area contributed by atoms with Crippen molar-refractivity contribution in [2.45, 2.75) is 51.3 Å². The number of fused-ring (bicyclic) bond motifs is 1. The summed E-state index contributed by atoms with van der Waals surface area (Å²) in [4.78, 5) is 2.64. The van der Waals surface area contributed by atoms with Crippen molar-refractivity contribution in [2.24, 2.45) is 0 Å². The molecule has 1 aromatic carbocycles. The van der Waals surface area contributed by atoms with Crippen LogP contribution in [-0.4, -0.2) is 42.7 Å². The first-order chi connectivity index (χ1) is 10.1. The lowest BCUT2D eigenvalue weighted by atomic mass is 9.90. The fraction of sp³-hybridized carbons (Fsp3) is 0.667. The standard InChI is InChI=1S/C18H28N2O/c1-4-18(3)13-19-14(2)11-20(18)12-17-16-8-6-5-7-15(16)9-10-21-17/h5-8,14,17,19H,4,9-13H2,1-3H3. The first-order valence-corrected chi connectivity index (χ1v) is 8.30. The molecule has 3 unspecified atom stereocenters. The minimum Gasteiger partial charge on any atom is -0.372 e. The molecule has 1 aromatic rings. The quantitative estimate of drug-likeness (QED) is 0.925. The third kappa shape index (κ3) is 3.01. The van der Waals surface area contributed by atoms with Gasteiger partial charge in [-0.05, 0) is 37.8 Å². The Morgan fingerprint density at radius 2 is 2.19 bits per heavy atom. The van der Waals surface area contributed by atoms with Crippen LogP contribution in [0.4, 0.5) is 0 Å². The normalized spacial score (nSPS) is 33.7. The molecule has 3 nitrogen and oxygen atoms in total. The second-order valence-electron chi connectivity index (χ2n) is 6.85. The second kappa shape index (κ2) is 6.07. The van der Waals surface area contributed by atoms with Gasteiger partial charge in [0.1, 0.15) is 0 Å². The number of hydrogen-bond donors (Lipinski definition) is 1. The van der Waals surface area contributed by atoms with E-state index in [1.807, 2.05) is 0 Å². The number of piperazine rings is 1. The van der Waals surface area contributed by atoms with Crippen molar-refractivity contribution < 1.29 is 4.74 Å². The van der Waals surface area contributed by atoms with Crippen molar-refractivity contribution in [2.75, 3.05) is 26.2 Å². The summed E-state index contributed by atoms with van der Waals surface area (Å²) in [6, 6.07) is 9.34. The lowest BCUT2D eigenvalue weighted by Crippen LogP contribution is -2.63. The number of nitrogens with one attached hydrogen (secondary N) is 1. The summed E-state index contributed by atoms with van der Waals surface area (Å²) < 4.78 is 6.12. The molecule has 0 aromatic heterocycles. The van der Waals surface area contributed by atoms with Crippen LogP contribution in [0.1, 0.15) is 44.4 Å². The highest BCUT2D eigenvalue weighted by molar-refractivity contribution is 5.31. The Labute approximate surface area is 128 Å². The molecule has 1 fully saturated rings. The topological polar surface area (TPSA) is 24.5 Å². The molecule has 2 heterocycles. The molecule has 0 saturated carbocycles. The Morgan fingerprint density at radius 3 is 3.00 bits per heavy atom. The number of benzene rings is 1. The molecule has 1 N–H and O–H groups in total. The summed E-state index contributed by atoms with van der Waals surface area (Å²) in [7, 11) is 0. The zero-order valence-electron chi connectivity index (χ0n) is 13.6. The zero-order chi connectivity index (χ0) is 14.9. The SMILES string of the molecule is CCC1(C)CNC(C)CN1CC1OCCc2ccccc21. The fourth-order valence-electron chi connectivity index (χ4n) is 3.59. The van der Waals surface area contributed by atoms with Crippen molar-refractivity contribution in [1.29, 1.82) is 0 Å². The monoisotopic (exact) mass is 288 g/mol. The predicted octanol–water partition coefficient (Wildman–Crippen LogP) is 2.76. The van der Waals surface area contributed by atoms with Crippen LogP contribution in [0.5, 0.6) is 0 Å². The molecular weight excluding hydrogens is 260 g/mol. The van der Waals surface area contributed by atoms with Crippen molar-refractivity contribution in [3.05, 3.63) is 35.4 Å². The van der Waals surface area contributed by atoms with Gasteiger partial charge in [0.05, 0.1) is 12.7 Å². The minimum absolute atomic E-state index is 0.228. The third-order valence-corrected chi connectivity index (χ3v) is 5.33. The van der Waals surface area contributed by atoms with Crippen LogP contribution < -0.4 is 5.32 Å². The molecule has 21 heavy (non-hydrogen) atoms. The number of ether oxygens (including phenoxy) is 1. The van der Waals surface area contributed by atoms with E-state index in [-0.39, 0.29) is 11.6 Å². The lowest BCUT2D eigenvalue weighted by Gasteiger charge is -2.48. The number of nitrogens with zero attached hydrogens (tertiary/aromatic N) is 1. The van der Waals surface area contributed by atoms with Crippen LogP contribution in [0.2, 0.25) is 0 Å². The maximum Gasteiger partial charge on any atom is 0.0954 e. The van der Waals surface area contributed by atoms with Crippen LogP contribution in [0.15, 0.2) is 24.3 Å². The molecule has 1 saturated heterocycles. The molecule has 116 valence electrons. The van der Waals surface area contributed by atoms with Gasteiger partial charge in [-0.1, -0.05) is 31.2 Å². The molecule has 0 amide bonds. The maximum atomic E-state index is 6.12. The summed E-state index contributed by atoms with van der Waals surface area (Å²) in [5, 5.41) is 3.63. The van der Waals surface area contributed by atoms with Gasteiger partial charge in [-0.25, -0.2) is 0 Å². The molecule has 2 aliphatic heterocycles. The molecule has 0 radical (unpaired) electrons. The van der Waals surface area contributed by atoms with Crippen molar-refractivity contribution in [1.82, 2.24) is 10.2 Å². The van der Waals surface area contributed by atoms with E-state index in [2.05, 4.69) is 55.3 Å². The van der Waals surface area contributed by atoms with E-state index >= 15 is 0 Å². The van der Waals surface area contributed by atoms with Crippen molar-refractivity contribution in [3.63, 3.8) is 0 Å². The van der Waals surface area contributed by atoms with E-state index in [1.165, 1.54) is 17.5 Å². The van der Waals surface area contributed by atoms with E-state index < -0.39 is 0 Å². The predicted molar refractivity (Wildman–Crippen MR) is 86.6 cm³/mol. The van der Waals surface area contributed by atoms with E-state index in [0.29, 0.717) is 6.04 Å². The van der Waals surface area contributed by atoms with Gasteiger partial charge in [0.15, 0.2) is 0 Å². The Morgan fingerprint density at radius 1 is 1.38 bits per heavy atom. The van der Waals surface area contributed by atoms with Crippen LogP contribution in [-0.2, 0) is 11.2 Å². The lowest BCUT2D eigenvalue weighted by molar-refractivity contribution is -0.0292. The Hall–Kier alpha value is -0.900.